The molecule has 5 rings (SSSR count). The second-order valence-electron chi connectivity index (χ2n) is 8.20. The molecule has 1 aromatic carbocycles. The van der Waals surface area contributed by atoms with Crippen molar-refractivity contribution in [2.24, 2.45) is 14.1 Å². The van der Waals surface area contributed by atoms with Gasteiger partial charge >= 0.3 is 11.8 Å². The zero-order chi connectivity index (χ0) is 25.7. The largest absolute Gasteiger partial charge is 0.464 e. The molecule has 5 aromatic rings. The molecule has 1 N–H and O–H groups in total. The highest BCUT2D eigenvalue weighted by Gasteiger charge is 2.25. The Balaban J connectivity index is 1.73. The second kappa shape index (κ2) is 8.51. The number of hydrogen-bond donors (Lipinski definition) is 1. The molecule has 0 fully saturated rings. The molecular formula is C24H18ClN7O4. The van der Waals surface area contributed by atoms with Crippen LogP contribution in [0.2, 0.25) is 5.02 Å². The Morgan fingerprint density at radius 2 is 1.89 bits per heavy atom. The molecule has 0 aliphatic carbocycles. The molecule has 0 amide bonds. The van der Waals surface area contributed by atoms with Crippen molar-refractivity contribution in [2.75, 3.05) is 0 Å². The van der Waals surface area contributed by atoms with Gasteiger partial charge in [0.15, 0.2) is 11.2 Å². The SMILES string of the molecule is Cn1c(C(C#N)c2ccncc2)nc2c1c(=O)n(Cc1cc3c(Cl)cccc3n1C(=O)O)c(=O)n2C. The maximum absolute atomic E-state index is 13.6. The molecule has 12 heteroatoms. The predicted molar refractivity (Wildman–Crippen MR) is 131 cm³/mol. The van der Waals surface area contributed by atoms with Crippen LogP contribution in [0.5, 0.6) is 0 Å². The molecule has 0 radical (unpaired) electrons. The van der Waals surface area contributed by atoms with Gasteiger partial charge in [-0.3, -0.25) is 18.9 Å². The topological polar surface area (TPSA) is 141 Å². The molecule has 4 heterocycles. The van der Waals surface area contributed by atoms with Gasteiger partial charge < -0.3 is 9.67 Å². The zero-order valence-corrected chi connectivity index (χ0v) is 19.8. The van der Waals surface area contributed by atoms with E-state index in [4.69, 9.17) is 11.6 Å². The average molecular weight is 504 g/mol. The van der Waals surface area contributed by atoms with Gasteiger partial charge in [-0.25, -0.2) is 19.1 Å². The lowest BCUT2D eigenvalue weighted by Crippen LogP contribution is -2.40. The van der Waals surface area contributed by atoms with Crippen LogP contribution in [-0.2, 0) is 20.6 Å². The Morgan fingerprint density at radius 3 is 2.56 bits per heavy atom. The van der Waals surface area contributed by atoms with Crippen LogP contribution in [0.4, 0.5) is 4.79 Å². The number of imidazole rings is 1. The highest BCUT2D eigenvalue weighted by molar-refractivity contribution is 6.35. The van der Waals surface area contributed by atoms with Crippen LogP contribution < -0.4 is 11.2 Å². The van der Waals surface area contributed by atoms with Crippen molar-refractivity contribution in [1.82, 2.24) is 28.2 Å². The van der Waals surface area contributed by atoms with Gasteiger partial charge in [0.1, 0.15) is 11.7 Å². The first-order valence-electron chi connectivity index (χ1n) is 10.7. The molecule has 0 saturated carbocycles. The van der Waals surface area contributed by atoms with Crippen molar-refractivity contribution in [1.29, 1.82) is 5.26 Å². The maximum atomic E-state index is 13.6. The number of fused-ring (bicyclic) bond motifs is 2. The predicted octanol–water partition coefficient (Wildman–Crippen LogP) is 2.67. The van der Waals surface area contributed by atoms with Crippen LogP contribution in [0.25, 0.3) is 22.1 Å². The Bertz CT molecular complexity index is 1840. The number of aromatic nitrogens is 6. The van der Waals surface area contributed by atoms with Gasteiger partial charge in [-0.2, -0.15) is 5.26 Å². The van der Waals surface area contributed by atoms with Crippen LogP contribution in [0.1, 0.15) is 23.0 Å². The third-order valence-corrected chi connectivity index (χ3v) is 6.53. The lowest BCUT2D eigenvalue weighted by atomic mass is 10.0. The van der Waals surface area contributed by atoms with E-state index in [1.54, 1.807) is 55.8 Å². The lowest BCUT2D eigenvalue weighted by Gasteiger charge is -2.10. The Labute approximate surface area is 207 Å². The Kier molecular flexibility index (Phi) is 5.45. The van der Waals surface area contributed by atoms with Gasteiger partial charge in [-0.05, 0) is 35.9 Å². The summed E-state index contributed by atoms with van der Waals surface area (Å²) < 4.78 is 4.65. The molecule has 0 bridgehead atoms. The molecule has 4 aromatic heterocycles. The quantitative estimate of drug-likeness (QED) is 0.397. The molecule has 11 nitrogen and oxygen atoms in total. The standard InChI is InChI=1S/C24H18ClN7O4/c1-29-19-21(28-20(29)16(11-26)13-6-8-27-9-7-13)30(2)23(34)31(22(19)33)12-14-10-15-17(25)4-3-5-18(15)32(14)24(35)36/h3-10,16H,12H2,1-2H3,(H,35,36). The number of hydrogen-bond acceptors (Lipinski definition) is 6. The highest BCUT2D eigenvalue weighted by Crippen LogP contribution is 2.28. The number of carbonyl (C=O) groups is 1. The normalized spacial score (nSPS) is 12.2. The third-order valence-electron chi connectivity index (χ3n) is 6.20. The Morgan fingerprint density at radius 1 is 1.17 bits per heavy atom. The summed E-state index contributed by atoms with van der Waals surface area (Å²) in [6.45, 7) is -0.314. The maximum Gasteiger partial charge on any atom is 0.416 e. The van der Waals surface area contributed by atoms with Gasteiger partial charge in [-0.15, -0.1) is 0 Å². The van der Waals surface area contributed by atoms with E-state index in [9.17, 15) is 24.8 Å². The zero-order valence-electron chi connectivity index (χ0n) is 19.1. The van der Waals surface area contributed by atoms with E-state index in [1.165, 1.54) is 16.2 Å². The van der Waals surface area contributed by atoms with E-state index in [-0.39, 0.29) is 29.2 Å². The van der Waals surface area contributed by atoms with E-state index in [0.29, 0.717) is 21.5 Å². The van der Waals surface area contributed by atoms with Crippen molar-refractivity contribution in [3.05, 3.63) is 91.7 Å². The minimum atomic E-state index is -1.27. The van der Waals surface area contributed by atoms with Gasteiger partial charge in [-0.1, -0.05) is 17.7 Å². The fourth-order valence-electron chi connectivity index (χ4n) is 4.45. The number of rotatable bonds is 4. The number of carboxylic acid groups (broad SMARTS) is 1. The van der Waals surface area contributed by atoms with Crippen LogP contribution in [0.3, 0.4) is 0 Å². The first kappa shape index (κ1) is 23.1. The summed E-state index contributed by atoms with van der Waals surface area (Å²) in [6.07, 6.45) is 1.84. The van der Waals surface area contributed by atoms with Crippen molar-refractivity contribution in [3.63, 3.8) is 0 Å². The van der Waals surface area contributed by atoms with Crippen molar-refractivity contribution < 1.29 is 9.90 Å². The summed E-state index contributed by atoms with van der Waals surface area (Å²) in [7, 11) is 3.06. The lowest BCUT2D eigenvalue weighted by molar-refractivity contribution is 0.196. The summed E-state index contributed by atoms with van der Waals surface area (Å²) in [4.78, 5) is 47.3. The first-order valence-corrected chi connectivity index (χ1v) is 11.1. The first-order chi connectivity index (χ1) is 17.2. The monoisotopic (exact) mass is 503 g/mol. The number of aryl methyl sites for hydroxylation is 2. The summed E-state index contributed by atoms with van der Waals surface area (Å²) >= 11 is 6.25. The van der Waals surface area contributed by atoms with Crippen LogP contribution in [0.15, 0.2) is 58.4 Å². The van der Waals surface area contributed by atoms with Crippen molar-refractivity contribution in [3.8, 4) is 6.07 Å². The minimum absolute atomic E-state index is 0.109. The molecule has 36 heavy (non-hydrogen) atoms. The molecule has 0 aliphatic rings. The Hall–Kier alpha value is -4.69. The van der Waals surface area contributed by atoms with Gasteiger partial charge in [0, 0.05) is 36.9 Å². The fraction of sp³-hybridized carbons (Fsp3) is 0.167. The number of nitrogens with zero attached hydrogens (tertiary/aromatic N) is 7. The van der Waals surface area contributed by atoms with E-state index >= 15 is 0 Å². The van der Waals surface area contributed by atoms with Crippen molar-refractivity contribution in [2.45, 2.75) is 12.5 Å². The second-order valence-corrected chi connectivity index (χ2v) is 8.61. The third kappa shape index (κ3) is 3.38. The van der Waals surface area contributed by atoms with Crippen LogP contribution >= 0.6 is 11.6 Å². The molecule has 1 atom stereocenters. The molecule has 0 spiro atoms. The van der Waals surface area contributed by atoms with Gasteiger partial charge in [0.25, 0.3) is 5.56 Å². The molecule has 0 aliphatic heterocycles. The summed E-state index contributed by atoms with van der Waals surface area (Å²) in [5, 5.41) is 20.5. The molecule has 0 saturated heterocycles. The molecule has 1 unspecified atom stereocenters. The van der Waals surface area contributed by atoms with Gasteiger partial charge in [0.05, 0.1) is 23.8 Å². The van der Waals surface area contributed by atoms with E-state index in [1.807, 2.05) is 0 Å². The van der Waals surface area contributed by atoms with Crippen molar-refractivity contribution >= 4 is 39.8 Å². The summed E-state index contributed by atoms with van der Waals surface area (Å²) in [6, 6.07) is 11.9. The number of pyridine rings is 1. The van der Waals surface area contributed by atoms with E-state index in [0.717, 1.165) is 9.13 Å². The number of nitriles is 1. The summed E-state index contributed by atoms with van der Waals surface area (Å²) in [5.41, 5.74) is 0.0644. The minimum Gasteiger partial charge on any atom is -0.464 e. The average Bonchev–Trinajstić information content (AvgIpc) is 3.41. The van der Waals surface area contributed by atoms with E-state index in [2.05, 4.69) is 16.0 Å². The number of benzene rings is 1. The van der Waals surface area contributed by atoms with Crippen LogP contribution in [0, 0.1) is 11.3 Å². The number of halogens is 1. The molecular weight excluding hydrogens is 486 g/mol. The smallest absolute Gasteiger partial charge is 0.416 e. The van der Waals surface area contributed by atoms with Gasteiger partial charge in [0.2, 0.25) is 0 Å². The molecule has 180 valence electrons. The summed E-state index contributed by atoms with van der Waals surface area (Å²) in [5.74, 6) is -0.514. The van der Waals surface area contributed by atoms with Crippen LogP contribution in [-0.4, -0.2) is 39.4 Å². The van der Waals surface area contributed by atoms with E-state index < -0.39 is 23.3 Å². The fourth-order valence-corrected chi connectivity index (χ4v) is 4.67. The highest BCUT2D eigenvalue weighted by atomic mass is 35.5.